The molecule has 27 heavy (non-hydrogen) atoms. The second kappa shape index (κ2) is 7.03. The summed E-state index contributed by atoms with van der Waals surface area (Å²) in [6.45, 7) is 3.06. The number of phenolic OH excluding ortho intramolecular Hbond substituents is 1. The highest BCUT2D eigenvalue weighted by Crippen LogP contribution is 2.34. The summed E-state index contributed by atoms with van der Waals surface area (Å²) < 4.78 is 6.76. The van der Waals surface area contributed by atoms with E-state index in [1.54, 1.807) is 24.1 Å². The van der Waals surface area contributed by atoms with Crippen molar-refractivity contribution in [3.63, 3.8) is 0 Å². The van der Waals surface area contributed by atoms with Crippen LogP contribution in [0.2, 0.25) is 0 Å². The second-order valence-corrected chi connectivity index (χ2v) is 6.77. The topological polar surface area (TPSA) is 87.9 Å². The lowest BCUT2D eigenvalue weighted by atomic mass is 10.1. The Balaban J connectivity index is 1.59. The number of benzene rings is 1. The number of aromatic hydroxyl groups is 1. The third-order valence-corrected chi connectivity index (χ3v) is 5.16. The molecule has 142 valence electrons. The highest BCUT2D eigenvalue weighted by molar-refractivity contribution is 5.96. The van der Waals surface area contributed by atoms with Crippen molar-refractivity contribution in [2.75, 3.05) is 42.6 Å². The average molecular weight is 370 g/mol. The molecule has 1 aromatic heterocycles. The van der Waals surface area contributed by atoms with Crippen molar-refractivity contribution in [1.29, 1.82) is 0 Å². The zero-order valence-electron chi connectivity index (χ0n) is 15.2. The van der Waals surface area contributed by atoms with E-state index in [4.69, 9.17) is 4.74 Å². The zero-order valence-corrected chi connectivity index (χ0v) is 15.2. The molecule has 0 aliphatic carbocycles. The monoisotopic (exact) mass is 370 g/mol. The largest absolute Gasteiger partial charge is 0.508 e. The van der Waals surface area contributed by atoms with E-state index in [0.29, 0.717) is 50.9 Å². The number of hydrogen-bond acceptors (Lipinski definition) is 6. The maximum atomic E-state index is 12.9. The van der Waals surface area contributed by atoms with E-state index in [-0.39, 0.29) is 23.6 Å². The summed E-state index contributed by atoms with van der Waals surface area (Å²) in [5, 5.41) is 9.97. The Labute approximate surface area is 156 Å². The molecular weight excluding hydrogens is 348 g/mol. The minimum absolute atomic E-state index is 0.0268. The number of nitrogens with zero attached hydrogens (tertiary/aromatic N) is 4. The Morgan fingerprint density at radius 3 is 2.81 bits per heavy atom. The van der Waals surface area contributed by atoms with Crippen LogP contribution >= 0.6 is 0 Å². The molecule has 1 N–H and O–H groups in total. The standard InChI is InChI=1S/C19H22N4O4/c1-21-16(20-17(12-18(21)25)22-7-9-27-10-8-22)11-19(26)23-6-5-13-14(23)3-2-4-15(13)24/h2-4,12,24H,5-11H2,1H3. The quantitative estimate of drug-likeness (QED) is 0.844. The lowest BCUT2D eigenvalue weighted by Gasteiger charge is -2.28. The molecule has 2 aliphatic heterocycles. The summed E-state index contributed by atoms with van der Waals surface area (Å²) in [6, 6.07) is 6.69. The number of rotatable bonds is 3. The SMILES string of the molecule is Cn1c(CC(=O)N2CCc3c(O)cccc32)nc(N2CCOCC2)cc1=O. The number of ether oxygens (including phenoxy) is 1. The molecule has 0 saturated carbocycles. The zero-order chi connectivity index (χ0) is 19.0. The van der Waals surface area contributed by atoms with Gasteiger partial charge in [0.15, 0.2) is 0 Å². The van der Waals surface area contributed by atoms with E-state index >= 15 is 0 Å². The molecule has 0 unspecified atom stereocenters. The van der Waals surface area contributed by atoms with Crippen LogP contribution in [0.15, 0.2) is 29.1 Å². The van der Waals surface area contributed by atoms with Crippen molar-refractivity contribution in [2.24, 2.45) is 7.05 Å². The number of anilines is 2. The Hall–Kier alpha value is -2.87. The number of hydrogen-bond donors (Lipinski definition) is 1. The molecule has 3 heterocycles. The van der Waals surface area contributed by atoms with Crippen LogP contribution in [0.1, 0.15) is 11.4 Å². The van der Waals surface area contributed by atoms with E-state index in [1.807, 2.05) is 11.0 Å². The molecule has 4 rings (SSSR count). The molecule has 1 aromatic carbocycles. The number of carbonyl (C=O) groups excluding carboxylic acids is 1. The molecule has 2 aliphatic rings. The van der Waals surface area contributed by atoms with E-state index in [0.717, 1.165) is 11.3 Å². The minimum Gasteiger partial charge on any atom is -0.508 e. The summed E-state index contributed by atoms with van der Waals surface area (Å²) in [5.74, 6) is 1.09. The third kappa shape index (κ3) is 3.28. The predicted octanol–water partition coefficient (Wildman–Crippen LogP) is 0.454. The van der Waals surface area contributed by atoms with Crippen LogP contribution in [0.3, 0.4) is 0 Å². The first-order valence-electron chi connectivity index (χ1n) is 9.05. The van der Waals surface area contributed by atoms with Gasteiger partial charge in [-0.15, -0.1) is 0 Å². The van der Waals surface area contributed by atoms with E-state index in [1.165, 1.54) is 10.6 Å². The Kier molecular flexibility index (Phi) is 4.57. The molecule has 8 heteroatoms. The molecular formula is C19H22N4O4. The van der Waals surface area contributed by atoms with Crippen molar-refractivity contribution in [3.05, 3.63) is 46.0 Å². The lowest BCUT2D eigenvalue weighted by Crippen LogP contribution is -2.39. The summed E-state index contributed by atoms with van der Waals surface area (Å²) in [6.07, 6.45) is 0.646. The van der Waals surface area contributed by atoms with Crippen molar-refractivity contribution in [2.45, 2.75) is 12.8 Å². The molecule has 0 radical (unpaired) electrons. The first-order valence-corrected chi connectivity index (χ1v) is 9.05. The van der Waals surface area contributed by atoms with Gasteiger partial charge in [-0.3, -0.25) is 14.2 Å². The highest BCUT2D eigenvalue weighted by Gasteiger charge is 2.27. The van der Waals surface area contributed by atoms with Crippen molar-refractivity contribution in [1.82, 2.24) is 9.55 Å². The molecule has 2 aromatic rings. The first-order chi connectivity index (χ1) is 13.0. The van der Waals surface area contributed by atoms with Gasteiger partial charge in [-0.05, 0) is 18.6 Å². The van der Waals surface area contributed by atoms with Crippen LogP contribution < -0.4 is 15.4 Å². The number of carbonyl (C=O) groups is 1. The fraction of sp³-hybridized carbons (Fsp3) is 0.421. The smallest absolute Gasteiger partial charge is 0.255 e. The highest BCUT2D eigenvalue weighted by atomic mass is 16.5. The number of morpholine rings is 1. The van der Waals surface area contributed by atoms with Gasteiger partial charge in [0.2, 0.25) is 5.91 Å². The maximum absolute atomic E-state index is 12.9. The normalized spacial score (nSPS) is 16.5. The third-order valence-electron chi connectivity index (χ3n) is 5.16. The van der Waals surface area contributed by atoms with Gasteiger partial charge in [0, 0.05) is 38.3 Å². The molecule has 1 amide bonds. The molecule has 1 saturated heterocycles. The van der Waals surface area contributed by atoms with Gasteiger partial charge in [0.05, 0.1) is 25.3 Å². The van der Waals surface area contributed by atoms with Gasteiger partial charge in [0.25, 0.3) is 5.56 Å². The Morgan fingerprint density at radius 1 is 1.26 bits per heavy atom. The molecule has 1 fully saturated rings. The van der Waals surface area contributed by atoms with Gasteiger partial charge in [-0.2, -0.15) is 0 Å². The second-order valence-electron chi connectivity index (χ2n) is 6.77. The van der Waals surface area contributed by atoms with E-state index in [9.17, 15) is 14.7 Å². The van der Waals surface area contributed by atoms with Crippen LogP contribution in [0.4, 0.5) is 11.5 Å². The molecule has 0 spiro atoms. The first kappa shape index (κ1) is 17.5. The molecule has 8 nitrogen and oxygen atoms in total. The molecule has 0 bridgehead atoms. The number of fused-ring (bicyclic) bond motifs is 1. The average Bonchev–Trinajstić information content (AvgIpc) is 3.11. The van der Waals surface area contributed by atoms with Crippen molar-refractivity contribution < 1.29 is 14.6 Å². The van der Waals surface area contributed by atoms with E-state index < -0.39 is 0 Å². The lowest BCUT2D eigenvalue weighted by molar-refractivity contribution is -0.118. The molecule has 0 atom stereocenters. The number of phenols is 1. The van der Waals surface area contributed by atoms with Crippen LogP contribution in [0, 0.1) is 0 Å². The van der Waals surface area contributed by atoms with Gasteiger partial charge in [-0.25, -0.2) is 4.98 Å². The van der Waals surface area contributed by atoms with E-state index in [2.05, 4.69) is 4.98 Å². The van der Waals surface area contributed by atoms with Gasteiger partial charge in [-0.1, -0.05) is 6.07 Å². The summed E-state index contributed by atoms with van der Waals surface area (Å²) in [7, 11) is 1.63. The Bertz CT molecular complexity index is 934. The Morgan fingerprint density at radius 2 is 2.04 bits per heavy atom. The predicted molar refractivity (Wildman–Crippen MR) is 100 cm³/mol. The summed E-state index contributed by atoms with van der Waals surface area (Å²) in [5.41, 5.74) is 1.33. The van der Waals surface area contributed by atoms with Crippen LogP contribution in [-0.2, 0) is 29.4 Å². The van der Waals surface area contributed by atoms with Gasteiger partial charge < -0.3 is 19.6 Å². The van der Waals surface area contributed by atoms with Crippen LogP contribution in [0.5, 0.6) is 5.75 Å². The maximum Gasteiger partial charge on any atom is 0.255 e. The number of aromatic nitrogens is 2. The van der Waals surface area contributed by atoms with Gasteiger partial charge >= 0.3 is 0 Å². The van der Waals surface area contributed by atoms with Crippen molar-refractivity contribution in [3.8, 4) is 5.75 Å². The minimum atomic E-state index is -0.186. The fourth-order valence-electron chi connectivity index (χ4n) is 3.59. The summed E-state index contributed by atoms with van der Waals surface area (Å²) in [4.78, 5) is 33.5. The summed E-state index contributed by atoms with van der Waals surface area (Å²) >= 11 is 0. The van der Waals surface area contributed by atoms with Crippen LogP contribution in [-0.4, -0.2) is 53.4 Å². The number of amides is 1. The van der Waals surface area contributed by atoms with Crippen LogP contribution in [0.25, 0.3) is 0 Å². The van der Waals surface area contributed by atoms with Gasteiger partial charge in [0.1, 0.15) is 17.4 Å². The fourth-order valence-corrected chi connectivity index (χ4v) is 3.59. The van der Waals surface area contributed by atoms with Crippen molar-refractivity contribution >= 4 is 17.4 Å².